The molecule has 0 N–H and O–H groups in total. The number of aromatic nitrogens is 2. The zero-order chi connectivity index (χ0) is 14.1. The molecule has 20 heavy (non-hydrogen) atoms. The summed E-state index contributed by atoms with van der Waals surface area (Å²) in [5.41, 5.74) is 3.56. The van der Waals surface area contributed by atoms with Crippen LogP contribution in [0.3, 0.4) is 0 Å². The van der Waals surface area contributed by atoms with E-state index in [1.54, 1.807) is 0 Å². The van der Waals surface area contributed by atoms with Crippen LogP contribution in [-0.2, 0) is 11.2 Å². The summed E-state index contributed by atoms with van der Waals surface area (Å²) in [7, 11) is 1.81. The van der Waals surface area contributed by atoms with Crippen LogP contribution in [0, 0.1) is 6.92 Å². The van der Waals surface area contributed by atoms with Gasteiger partial charge in [-0.15, -0.1) is 11.6 Å². The lowest BCUT2D eigenvalue weighted by Crippen LogP contribution is -2.22. The number of alkyl halides is 1. The number of benzene rings is 1. The summed E-state index contributed by atoms with van der Waals surface area (Å²) < 4.78 is 8.06. The van der Waals surface area contributed by atoms with Crippen molar-refractivity contribution in [2.24, 2.45) is 0 Å². The summed E-state index contributed by atoms with van der Waals surface area (Å²) in [5.74, 6) is 1.70. The molecule has 108 valence electrons. The van der Waals surface area contributed by atoms with E-state index in [2.05, 4.69) is 29.7 Å². The quantitative estimate of drug-likeness (QED) is 0.800. The lowest BCUT2D eigenvalue weighted by atomic mass is 10.1. The van der Waals surface area contributed by atoms with Crippen LogP contribution < -0.4 is 0 Å². The lowest BCUT2D eigenvalue weighted by Gasteiger charge is -2.22. The maximum absolute atomic E-state index is 5.96. The van der Waals surface area contributed by atoms with E-state index in [9.17, 15) is 0 Å². The van der Waals surface area contributed by atoms with E-state index >= 15 is 0 Å². The Kier molecular flexibility index (Phi) is 3.99. The highest BCUT2D eigenvalue weighted by Gasteiger charge is 2.31. The molecule has 0 amide bonds. The topological polar surface area (TPSA) is 27.1 Å². The number of methoxy groups -OCH3 is 1. The zero-order valence-electron chi connectivity index (χ0n) is 12.1. The Labute approximate surface area is 124 Å². The third-order valence-corrected chi connectivity index (χ3v) is 4.48. The van der Waals surface area contributed by atoms with Crippen molar-refractivity contribution < 1.29 is 4.74 Å². The number of ether oxygens (including phenoxy) is 1. The lowest BCUT2D eigenvalue weighted by molar-refractivity contribution is 0.0753. The van der Waals surface area contributed by atoms with Crippen LogP contribution in [0.5, 0.6) is 0 Å². The molecule has 3 rings (SSSR count). The highest BCUT2D eigenvalue weighted by molar-refractivity contribution is 6.17. The van der Waals surface area contributed by atoms with Crippen molar-refractivity contribution in [3.8, 4) is 0 Å². The van der Waals surface area contributed by atoms with Gasteiger partial charge >= 0.3 is 0 Å². The van der Waals surface area contributed by atoms with Gasteiger partial charge in [-0.2, -0.15) is 0 Å². The van der Waals surface area contributed by atoms with Crippen molar-refractivity contribution in [3.63, 3.8) is 0 Å². The molecule has 1 fully saturated rings. The number of hydrogen-bond donors (Lipinski definition) is 0. The first-order valence-corrected chi connectivity index (χ1v) is 7.84. The molecule has 1 aromatic heterocycles. The van der Waals surface area contributed by atoms with Gasteiger partial charge in [0.1, 0.15) is 5.82 Å². The summed E-state index contributed by atoms with van der Waals surface area (Å²) in [6.45, 7) is 2.13. The van der Waals surface area contributed by atoms with Gasteiger partial charge in [0.2, 0.25) is 0 Å². The van der Waals surface area contributed by atoms with Crippen LogP contribution in [0.1, 0.15) is 36.7 Å². The standard InChI is InChI=1S/C16H21ClN2O/c1-11-6-7-12-14(10-11)19(16(18-12)8-9-17)13-4-3-5-15(13)20-2/h6-7,10,13,15H,3-5,8-9H2,1-2H3. The number of aryl methyl sites for hydroxylation is 2. The first kappa shape index (κ1) is 13.9. The summed E-state index contributed by atoms with van der Waals surface area (Å²) in [6, 6.07) is 6.85. The Bertz CT molecular complexity index is 608. The fraction of sp³-hybridized carbons (Fsp3) is 0.562. The molecule has 3 nitrogen and oxygen atoms in total. The van der Waals surface area contributed by atoms with E-state index in [4.69, 9.17) is 21.3 Å². The van der Waals surface area contributed by atoms with Crippen molar-refractivity contribution in [1.29, 1.82) is 0 Å². The molecule has 0 spiro atoms. The van der Waals surface area contributed by atoms with Gasteiger partial charge in [0.05, 0.1) is 23.2 Å². The van der Waals surface area contributed by atoms with Crippen LogP contribution in [0.15, 0.2) is 18.2 Å². The molecule has 0 aliphatic heterocycles. The zero-order valence-corrected chi connectivity index (χ0v) is 12.9. The third kappa shape index (κ3) is 2.33. The Hall–Kier alpha value is -1.06. The van der Waals surface area contributed by atoms with Gasteiger partial charge < -0.3 is 9.30 Å². The summed E-state index contributed by atoms with van der Waals surface area (Å²) in [4.78, 5) is 4.78. The van der Waals surface area contributed by atoms with E-state index in [-0.39, 0.29) is 0 Å². The van der Waals surface area contributed by atoms with Crippen molar-refractivity contribution >= 4 is 22.6 Å². The maximum Gasteiger partial charge on any atom is 0.111 e. The van der Waals surface area contributed by atoms with Gasteiger partial charge in [0.25, 0.3) is 0 Å². The second kappa shape index (κ2) is 5.74. The van der Waals surface area contributed by atoms with Crippen LogP contribution in [0.2, 0.25) is 0 Å². The minimum atomic E-state index is 0.294. The number of fused-ring (bicyclic) bond motifs is 1. The minimum Gasteiger partial charge on any atom is -0.379 e. The predicted molar refractivity (Wildman–Crippen MR) is 82.6 cm³/mol. The molecule has 1 aliphatic rings. The minimum absolute atomic E-state index is 0.294. The fourth-order valence-corrected chi connectivity index (χ4v) is 3.53. The second-order valence-electron chi connectivity index (χ2n) is 5.60. The Balaban J connectivity index is 2.14. The monoisotopic (exact) mass is 292 g/mol. The summed E-state index contributed by atoms with van der Waals surface area (Å²) in [5, 5.41) is 0. The maximum atomic E-state index is 5.96. The Morgan fingerprint density at radius 1 is 1.40 bits per heavy atom. The summed E-state index contributed by atoms with van der Waals surface area (Å²) in [6.07, 6.45) is 4.61. The van der Waals surface area contributed by atoms with Gasteiger partial charge in [0, 0.05) is 19.4 Å². The Morgan fingerprint density at radius 2 is 2.25 bits per heavy atom. The normalized spacial score (nSPS) is 22.8. The molecule has 1 heterocycles. The molecule has 1 aliphatic carbocycles. The van der Waals surface area contributed by atoms with Crippen molar-refractivity contribution in [1.82, 2.24) is 9.55 Å². The van der Waals surface area contributed by atoms with Gasteiger partial charge in [0.15, 0.2) is 0 Å². The largest absolute Gasteiger partial charge is 0.379 e. The molecule has 0 radical (unpaired) electrons. The molecule has 1 saturated carbocycles. The number of halogens is 1. The van der Waals surface area contributed by atoms with Crippen molar-refractivity contribution in [3.05, 3.63) is 29.6 Å². The molecule has 2 aromatic rings. The van der Waals surface area contributed by atoms with Crippen LogP contribution >= 0.6 is 11.6 Å². The Morgan fingerprint density at radius 3 is 3.00 bits per heavy atom. The van der Waals surface area contributed by atoms with Crippen molar-refractivity contribution in [2.45, 2.75) is 44.8 Å². The molecule has 0 bridgehead atoms. The van der Waals surface area contributed by atoms with E-state index in [0.29, 0.717) is 18.0 Å². The molecule has 4 heteroatoms. The number of hydrogen-bond acceptors (Lipinski definition) is 2. The number of rotatable bonds is 4. The van der Waals surface area contributed by atoms with Crippen molar-refractivity contribution in [2.75, 3.05) is 13.0 Å². The van der Waals surface area contributed by atoms with Gasteiger partial charge in [-0.3, -0.25) is 0 Å². The van der Waals surface area contributed by atoms with Gasteiger partial charge in [-0.1, -0.05) is 6.07 Å². The van der Waals surface area contributed by atoms with Gasteiger partial charge in [-0.25, -0.2) is 4.98 Å². The average Bonchev–Trinajstić information content (AvgIpc) is 3.02. The number of nitrogens with zero attached hydrogens (tertiary/aromatic N) is 2. The van der Waals surface area contributed by atoms with Crippen LogP contribution in [0.4, 0.5) is 0 Å². The molecular formula is C16H21ClN2O. The van der Waals surface area contributed by atoms with Gasteiger partial charge in [-0.05, 0) is 43.9 Å². The second-order valence-corrected chi connectivity index (χ2v) is 5.98. The average molecular weight is 293 g/mol. The highest BCUT2D eigenvalue weighted by Crippen LogP contribution is 2.36. The molecular weight excluding hydrogens is 272 g/mol. The molecule has 2 unspecified atom stereocenters. The summed E-state index contributed by atoms with van der Waals surface area (Å²) >= 11 is 5.96. The SMILES string of the molecule is COC1CCCC1n1c(CCCl)nc2ccc(C)cc21. The smallest absolute Gasteiger partial charge is 0.111 e. The van der Waals surface area contributed by atoms with E-state index in [0.717, 1.165) is 30.6 Å². The first-order valence-electron chi connectivity index (χ1n) is 7.31. The number of imidazole rings is 1. The fourth-order valence-electron chi connectivity index (χ4n) is 3.36. The van der Waals surface area contributed by atoms with E-state index in [1.165, 1.54) is 17.5 Å². The van der Waals surface area contributed by atoms with Crippen LogP contribution in [-0.4, -0.2) is 28.6 Å². The van der Waals surface area contributed by atoms with E-state index < -0.39 is 0 Å². The highest BCUT2D eigenvalue weighted by atomic mass is 35.5. The third-order valence-electron chi connectivity index (χ3n) is 4.29. The van der Waals surface area contributed by atoms with E-state index in [1.807, 2.05) is 7.11 Å². The first-order chi connectivity index (χ1) is 9.74. The molecule has 0 saturated heterocycles. The predicted octanol–water partition coefficient (Wildman–Crippen LogP) is 3.87. The van der Waals surface area contributed by atoms with Crippen LogP contribution in [0.25, 0.3) is 11.0 Å². The molecule has 1 aromatic carbocycles. The molecule has 2 atom stereocenters.